The van der Waals surface area contributed by atoms with Crippen molar-refractivity contribution in [1.82, 2.24) is 0 Å². The number of hydrogen-bond donors (Lipinski definition) is 0. The SMILES string of the molecule is Cc1ccc(S(=O)(=O)Oc2cc(C)c(Br)c(CBr)c2)cc1. The molecule has 0 aromatic heterocycles. The Balaban J connectivity index is 2.37. The van der Waals surface area contributed by atoms with Crippen molar-refractivity contribution in [1.29, 1.82) is 0 Å². The van der Waals surface area contributed by atoms with Crippen LogP contribution in [0.3, 0.4) is 0 Å². The second-order valence-corrected chi connectivity index (χ2v) is 7.60. The van der Waals surface area contributed by atoms with Crippen molar-refractivity contribution < 1.29 is 12.6 Å². The highest BCUT2D eigenvalue weighted by Crippen LogP contribution is 2.30. The summed E-state index contributed by atoms with van der Waals surface area (Å²) in [6.45, 7) is 3.79. The molecule has 2 aromatic carbocycles. The number of aryl methyl sites for hydroxylation is 2. The molecule has 2 aromatic rings. The molecule has 0 aliphatic carbocycles. The second kappa shape index (κ2) is 6.50. The number of hydrogen-bond acceptors (Lipinski definition) is 3. The fourth-order valence-corrected chi connectivity index (χ4v) is 3.93. The van der Waals surface area contributed by atoms with E-state index in [1.807, 2.05) is 13.8 Å². The number of rotatable bonds is 4. The molecule has 21 heavy (non-hydrogen) atoms. The van der Waals surface area contributed by atoms with E-state index in [0.717, 1.165) is 21.2 Å². The van der Waals surface area contributed by atoms with E-state index >= 15 is 0 Å². The Kier molecular flexibility index (Phi) is 5.11. The van der Waals surface area contributed by atoms with Gasteiger partial charge in [-0.1, -0.05) is 49.6 Å². The van der Waals surface area contributed by atoms with E-state index in [1.54, 1.807) is 36.4 Å². The predicted octanol–water partition coefficient (Wildman–Crippen LogP) is 4.73. The predicted molar refractivity (Wildman–Crippen MR) is 90.5 cm³/mol. The van der Waals surface area contributed by atoms with Crippen LogP contribution in [0.5, 0.6) is 5.75 Å². The molecule has 0 amide bonds. The standard InChI is InChI=1S/C15H14Br2O3S/c1-10-3-5-14(6-4-10)21(18,19)20-13-7-11(2)15(17)12(8-13)9-16/h3-8H,9H2,1-2H3. The van der Waals surface area contributed by atoms with Gasteiger partial charge in [-0.2, -0.15) is 8.42 Å². The summed E-state index contributed by atoms with van der Waals surface area (Å²) < 4.78 is 30.7. The summed E-state index contributed by atoms with van der Waals surface area (Å²) in [4.78, 5) is 0.147. The third-order valence-electron chi connectivity index (χ3n) is 2.96. The molecule has 0 saturated heterocycles. The summed E-state index contributed by atoms with van der Waals surface area (Å²) in [6, 6.07) is 9.98. The van der Waals surface area contributed by atoms with Crippen LogP contribution in [0, 0.1) is 13.8 Å². The maximum Gasteiger partial charge on any atom is 0.339 e. The molecule has 3 nitrogen and oxygen atoms in total. The van der Waals surface area contributed by atoms with E-state index in [2.05, 4.69) is 31.9 Å². The van der Waals surface area contributed by atoms with Crippen molar-refractivity contribution in [3.05, 3.63) is 57.6 Å². The molecule has 0 N–H and O–H groups in total. The number of halogens is 2. The molecule has 0 heterocycles. The minimum Gasteiger partial charge on any atom is -0.379 e. The first kappa shape index (κ1) is 16.5. The number of alkyl halides is 1. The quantitative estimate of drug-likeness (QED) is 0.517. The molecule has 0 unspecified atom stereocenters. The van der Waals surface area contributed by atoms with Crippen molar-refractivity contribution >= 4 is 42.0 Å². The van der Waals surface area contributed by atoms with E-state index in [9.17, 15) is 8.42 Å². The minimum absolute atomic E-state index is 0.147. The molecular formula is C15H14Br2O3S. The van der Waals surface area contributed by atoms with E-state index < -0.39 is 10.1 Å². The summed E-state index contributed by atoms with van der Waals surface area (Å²) in [6.07, 6.45) is 0. The Labute approximate surface area is 141 Å². The number of benzene rings is 2. The van der Waals surface area contributed by atoms with Gasteiger partial charge in [0.1, 0.15) is 10.6 Å². The molecule has 0 aliphatic rings. The fraction of sp³-hybridized carbons (Fsp3) is 0.200. The van der Waals surface area contributed by atoms with Gasteiger partial charge in [0.05, 0.1) is 0 Å². The zero-order valence-electron chi connectivity index (χ0n) is 11.6. The zero-order valence-corrected chi connectivity index (χ0v) is 15.5. The third kappa shape index (κ3) is 3.87. The highest BCUT2D eigenvalue weighted by molar-refractivity contribution is 9.10. The lowest BCUT2D eigenvalue weighted by Gasteiger charge is -2.11. The van der Waals surface area contributed by atoms with E-state index in [-0.39, 0.29) is 4.90 Å². The monoisotopic (exact) mass is 432 g/mol. The highest BCUT2D eigenvalue weighted by Gasteiger charge is 2.17. The highest BCUT2D eigenvalue weighted by atomic mass is 79.9. The first-order chi connectivity index (χ1) is 9.83. The average molecular weight is 434 g/mol. The Morgan fingerprint density at radius 1 is 1.10 bits per heavy atom. The van der Waals surface area contributed by atoms with Gasteiger partial charge < -0.3 is 4.18 Å². The van der Waals surface area contributed by atoms with E-state index in [4.69, 9.17) is 4.18 Å². The van der Waals surface area contributed by atoms with Gasteiger partial charge in [0.15, 0.2) is 0 Å². The molecular weight excluding hydrogens is 420 g/mol. The first-order valence-electron chi connectivity index (χ1n) is 6.19. The van der Waals surface area contributed by atoms with Gasteiger partial charge in [-0.15, -0.1) is 0 Å². The van der Waals surface area contributed by atoms with Crippen LogP contribution in [0.1, 0.15) is 16.7 Å². The molecule has 0 aliphatic heterocycles. The Morgan fingerprint density at radius 2 is 1.71 bits per heavy atom. The van der Waals surface area contributed by atoms with E-state index in [0.29, 0.717) is 11.1 Å². The van der Waals surface area contributed by atoms with Crippen LogP contribution < -0.4 is 4.18 Å². The van der Waals surface area contributed by atoms with Crippen LogP contribution in [0.15, 0.2) is 45.8 Å². The van der Waals surface area contributed by atoms with Crippen molar-refractivity contribution in [2.45, 2.75) is 24.1 Å². The van der Waals surface area contributed by atoms with Gasteiger partial charge in [-0.25, -0.2) is 0 Å². The summed E-state index contributed by atoms with van der Waals surface area (Å²) >= 11 is 6.85. The molecule has 6 heteroatoms. The molecule has 2 rings (SSSR count). The summed E-state index contributed by atoms with van der Waals surface area (Å²) in [5.74, 6) is 0.311. The average Bonchev–Trinajstić information content (AvgIpc) is 2.42. The topological polar surface area (TPSA) is 43.4 Å². The minimum atomic E-state index is -3.82. The van der Waals surface area contributed by atoms with Gasteiger partial charge in [0.25, 0.3) is 0 Å². The zero-order chi connectivity index (χ0) is 15.6. The molecule has 0 atom stereocenters. The summed E-state index contributed by atoms with van der Waals surface area (Å²) in [7, 11) is -3.82. The van der Waals surface area contributed by atoms with Crippen LogP contribution in [-0.2, 0) is 15.4 Å². The molecule has 0 spiro atoms. The van der Waals surface area contributed by atoms with Crippen LogP contribution in [0.25, 0.3) is 0 Å². The summed E-state index contributed by atoms with van der Waals surface area (Å²) in [5.41, 5.74) is 2.85. The van der Waals surface area contributed by atoms with Gasteiger partial charge in [0, 0.05) is 9.80 Å². The van der Waals surface area contributed by atoms with Gasteiger partial charge in [0.2, 0.25) is 0 Å². The van der Waals surface area contributed by atoms with Crippen molar-refractivity contribution in [3.8, 4) is 5.75 Å². The molecule has 0 saturated carbocycles. The summed E-state index contributed by atoms with van der Waals surface area (Å²) in [5, 5.41) is 0.607. The Bertz CT molecular complexity index is 753. The van der Waals surface area contributed by atoms with Gasteiger partial charge >= 0.3 is 10.1 Å². The van der Waals surface area contributed by atoms with Crippen molar-refractivity contribution in [3.63, 3.8) is 0 Å². The smallest absolute Gasteiger partial charge is 0.339 e. The van der Waals surface area contributed by atoms with Crippen LogP contribution in [0.4, 0.5) is 0 Å². The first-order valence-corrected chi connectivity index (χ1v) is 9.52. The van der Waals surface area contributed by atoms with Gasteiger partial charge in [-0.05, 0) is 49.2 Å². The Morgan fingerprint density at radius 3 is 2.29 bits per heavy atom. The van der Waals surface area contributed by atoms with Crippen LogP contribution in [0.2, 0.25) is 0 Å². The molecule has 0 bridgehead atoms. The van der Waals surface area contributed by atoms with Gasteiger partial charge in [-0.3, -0.25) is 0 Å². The lowest BCUT2D eigenvalue weighted by molar-refractivity contribution is 0.485. The molecule has 0 fully saturated rings. The molecule has 112 valence electrons. The maximum atomic E-state index is 12.3. The van der Waals surface area contributed by atoms with E-state index in [1.165, 1.54) is 0 Å². The lowest BCUT2D eigenvalue weighted by atomic mass is 10.1. The van der Waals surface area contributed by atoms with Crippen LogP contribution >= 0.6 is 31.9 Å². The fourth-order valence-electron chi connectivity index (χ4n) is 1.83. The largest absolute Gasteiger partial charge is 0.379 e. The normalized spacial score (nSPS) is 11.4. The van der Waals surface area contributed by atoms with Crippen molar-refractivity contribution in [2.24, 2.45) is 0 Å². The second-order valence-electron chi connectivity index (χ2n) is 4.70. The lowest BCUT2D eigenvalue weighted by Crippen LogP contribution is -2.10. The van der Waals surface area contributed by atoms with Crippen LogP contribution in [-0.4, -0.2) is 8.42 Å². The maximum absolute atomic E-state index is 12.3. The molecule has 0 radical (unpaired) electrons. The Hall–Kier alpha value is -0.850. The van der Waals surface area contributed by atoms with Crippen molar-refractivity contribution in [2.75, 3.05) is 0 Å². The third-order valence-corrected chi connectivity index (χ3v) is 5.96.